The van der Waals surface area contributed by atoms with Gasteiger partial charge in [0, 0.05) is 17.0 Å². The summed E-state index contributed by atoms with van der Waals surface area (Å²) in [7, 11) is 0. The first kappa shape index (κ1) is 25.4. The number of nitrogens with zero attached hydrogens (tertiary/aromatic N) is 3. The number of nitriles is 1. The van der Waals surface area contributed by atoms with Gasteiger partial charge in [0.1, 0.15) is 27.6 Å². The SMILES string of the molecule is N#Cc1cc(F)c2nc([C@]3(O)[C@@H]4CC[C@H]3C[C@H](OCc3c(-c5c(Cl)cccc5Cl)noc3C3CC3)C4)sc2c1. The van der Waals surface area contributed by atoms with Gasteiger partial charge in [0.25, 0.3) is 0 Å². The van der Waals surface area contributed by atoms with Gasteiger partial charge < -0.3 is 14.4 Å². The van der Waals surface area contributed by atoms with Gasteiger partial charge in [-0.3, -0.25) is 0 Å². The van der Waals surface area contributed by atoms with Crippen molar-refractivity contribution >= 4 is 44.8 Å². The first-order chi connectivity index (χ1) is 18.9. The lowest BCUT2D eigenvalue weighted by Crippen LogP contribution is -2.44. The van der Waals surface area contributed by atoms with Crippen molar-refractivity contribution in [3.8, 4) is 17.3 Å². The van der Waals surface area contributed by atoms with Crippen LogP contribution in [0, 0.1) is 29.0 Å². The van der Waals surface area contributed by atoms with E-state index in [0.717, 1.165) is 37.0 Å². The largest absolute Gasteiger partial charge is 0.382 e. The summed E-state index contributed by atoms with van der Waals surface area (Å²) in [6.07, 6.45) is 5.08. The molecule has 6 nitrogen and oxygen atoms in total. The van der Waals surface area contributed by atoms with E-state index in [-0.39, 0.29) is 29.0 Å². The van der Waals surface area contributed by atoms with Crippen LogP contribution in [-0.4, -0.2) is 21.4 Å². The third kappa shape index (κ3) is 4.18. The van der Waals surface area contributed by atoms with Crippen LogP contribution in [0.2, 0.25) is 10.0 Å². The summed E-state index contributed by atoms with van der Waals surface area (Å²) in [5, 5.41) is 27.1. The molecule has 2 heterocycles. The van der Waals surface area contributed by atoms with Crippen LogP contribution >= 0.6 is 34.5 Å². The molecular weight excluding hydrogens is 560 g/mol. The molecule has 0 unspecified atom stereocenters. The predicted octanol–water partition coefficient (Wildman–Crippen LogP) is 7.74. The van der Waals surface area contributed by atoms with Gasteiger partial charge >= 0.3 is 0 Å². The fourth-order valence-electron chi connectivity index (χ4n) is 6.46. The minimum atomic E-state index is -1.13. The molecule has 39 heavy (non-hydrogen) atoms. The highest BCUT2D eigenvalue weighted by molar-refractivity contribution is 7.18. The molecule has 0 aliphatic heterocycles. The van der Waals surface area contributed by atoms with Crippen molar-refractivity contribution in [1.82, 2.24) is 10.1 Å². The summed E-state index contributed by atoms with van der Waals surface area (Å²) < 4.78 is 27.5. The molecule has 3 saturated carbocycles. The smallest absolute Gasteiger partial charge is 0.151 e. The second kappa shape index (κ2) is 9.53. The Kier molecular flexibility index (Phi) is 6.22. The fourth-order valence-corrected chi connectivity index (χ4v) is 8.31. The molecule has 0 spiro atoms. The predicted molar refractivity (Wildman–Crippen MR) is 146 cm³/mol. The van der Waals surface area contributed by atoms with E-state index in [0.29, 0.717) is 56.4 Å². The maximum absolute atomic E-state index is 14.6. The Morgan fingerprint density at radius 1 is 1.15 bits per heavy atom. The summed E-state index contributed by atoms with van der Waals surface area (Å²) >= 11 is 14.3. The first-order valence-electron chi connectivity index (χ1n) is 13.1. The van der Waals surface area contributed by atoms with Crippen LogP contribution in [0.4, 0.5) is 4.39 Å². The second-order valence-corrected chi connectivity index (χ2v) is 12.7. The van der Waals surface area contributed by atoms with Crippen LogP contribution in [0.3, 0.4) is 0 Å². The Morgan fingerprint density at radius 3 is 2.54 bits per heavy atom. The van der Waals surface area contributed by atoms with Gasteiger partial charge in [-0.15, -0.1) is 11.3 Å². The van der Waals surface area contributed by atoms with Gasteiger partial charge in [0.15, 0.2) is 5.82 Å². The number of hydrogen-bond donors (Lipinski definition) is 1. The standard InChI is InChI=1S/C29H24Cl2FN3O3S/c30-20-2-1-3-21(31)24(20)25-19(27(38-35-25)15-4-5-15)13-37-18-10-16-6-7-17(11-18)29(16,36)28-34-26-22(32)8-14(12-33)9-23(26)39-28/h1-3,8-9,15-18,36H,4-7,10-11,13H2/t16-,17+,18-,29+. The molecule has 3 fully saturated rings. The summed E-state index contributed by atoms with van der Waals surface area (Å²) in [5.41, 5.74) is 1.49. The van der Waals surface area contributed by atoms with E-state index in [1.165, 1.54) is 17.4 Å². The molecule has 2 bridgehead atoms. The molecule has 4 atom stereocenters. The lowest BCUT2D eigenvalue weighted by atomic mass is 9.73. The molecule has 0 radical (unpaired) electrons. The average molecular weight is 585 g/mol. The fraction of sp³-hybridized carbons (Fsp3) is 0.414. The number of aromatic nitrogens is 2. The monoisotopic (exact) mass is 583 g/mol. The van der Waals surface area contributed by atoms with Crippen LogP contribution in [0.1, 0.15) is 66.3 Å². The maximum atomic E-state index is 14.6. The van der Waals surface area contributed by atoms with Crippen molar-refractivity contribution in [3.63, 3.8) is 0 Å². The van der Waals surface area contributed by atoms with E-state index in [1.54, 1.807) is 24.3 Å². The van der Waals surface area contributed by atoms with Crippen molar-refractivity contribution < 1.29 is 18.8 Å². The summed E-state index contributed by atoms with van der Waals surface area (Å²) in [6.45, 7) is 0.317. The summed E-state index contributed by atoms with van der Waals surface area (Å²) in [6, 6.07) is 10.2. The van der Waals surface area contributed by atoms with E-state index in [9.17, 15) is 14.8 Å². The van der Waals surface area contributed by atoms with Crippen LogP contribution < -0.4 is 0 Å². The minimum Gasteiger partial charge on any atom is -0.382 e. The molecule has 0 saturated heterocycles. The third-order valence-corrected chi connectivity index (χ3v) is 10.3. The molecule has 10 heteroatoms. The van der Waals surface area contributed by atoms with E-state index in [2.05, 4.69) is 10.1 Å². The number of rotatable bonds is 6. The van der Waals surface area contributed by atoms with Gasteiger partial charge in [0.2, 0.25) is 0 Å². The average Bonchev–Trinajstić information content (AvgIpc) is 3.49. The Morgan fingerprint density at radius 2 is 1.87 bits per heavy atom. The highest BCUT2D eigenvalue weighted by Crippen LogP contribution is 2.57. The van der Waals surface area contributed by atoms with E-state index >= 15 is 0 Å². The maximum Gasteiger partial charge on any atom is 0.151 e. The van der Waals surface area contributed by atoms with E-state index < -0.39 is 11.4 Å². The van der Waals surface area contributed by atoms with Crippen molar-refractivity contribution in [2.24, 2.45) is 11.8 Å². The number of benzene rings is 2. The molecule has 3 aliphatic carbocycles. The first-order valence-corrected chi connectivity index (χ1v) is 14.7. The lowest BCUT2D eigenvalue weighted by molar-refractivity contribution is -0.116. The lowest BCUT2D eigenvalue weighted by Gasteiger charge is -2.41. The van der Waals surface area contributed by atoms with Gasteiger partial charge in [0.05, 0.1) is 39.1 Å². The molecule has 4 aromatic rings. The quantitative estimate of drug-likeness (QED) is 0.249. The molecule has 2 aromatic carbocycles. The molecule has 200 valence electrons. The van der Waals surface area contributed by atoms with E-state index in [4.69, 9.17) is 32.5 Å². The normalized spacial score (nSPS) is 26.3. The number of aliphatic hydroxyl groups is 1. The van der Waals surface area contributed by atoms with Crippen molar-refractivity contribution in [3.05, 3.63) is 68.1 Å². The Labute approximate surface area is 238 Å². The minimum absolute atomic E-state index is 0.0526. The Balaban J connectivity index is 1.14. The third-order valence-electron chi connectivity index (χ3n) is 8.55. The van der Waals surface area contributed by atoms with Gasteiger partial charge in [-0.25, -0.2) is 9.37 Å². The topological polar surface area (TPSA) is 92.2 Å². The number of ether oxygens (including phenoxy) is 1. The Bertz CT molecular complexity index is 1610. The molecular formula is C29H24Cl2FN3O3S. The van der Waals surface area contributed by atoms with E-state index in [1.807, 2.05) is 6.07 Å². The van der Waals surface area contributed by atoms with Gasteiger partial charge in [-0.2, -0.15) is 5.26 Å². The van der Waals surface area contributed by atoms with Gasteiger partial charge in [-0.1, -0.05) is 34.4 Å². The van der Waals surface area contributed by atoms with Crippen molar-refractivity contribution in [1.29, 1.82) is 5.26 Å². The molecule has 0 amide bonds. The van der Waals surface area contributed by atoms with Crippen molar-refractivity contribution in [2.45, 2.75) is 62.8 Å². The highest BCUT2D eigenvalue weighted by atomic mass is 35.5. The Hall–Kier alpha value is -2.54. The zero-order valence-electron chi connectivity index (χ0n) is 20.8. The van der Waals surface area contributed by atoms with Crippen LogP contribution in [0.15, 0.2) is 34.9 Å². The number of thiazole rings is 1. The number of hydrogen-bond acceptors (Lipinski definition) is 7. The number of halogens is 3. The second-order valence-electron chi connectivity index (χ2n) is 10.9. The molecule has 1 N–H and O–H groups in total. The zero-order chi connectivity index (χ0) is 26.9. The summed E-state index contributed by atoms with van der Waals surface area (Å²) in [4.78, 5) is 4.53. The molecule has 3 aliphatic rings. The zero-order valence-corrected chi connectivity index (χ0v) is 23.1. The van der Waals surface area contributed by atoms with Crippen LogP contribution in [-0.2, 0) is 16.9 Å². The van der Waals surface area contributed by atoms with Crippen molar-refractivity contribution in [2.75, 3.05) is 0 Å². The molecule has 7 rings (SSSR count). The number of fused-ring (bicyclic) bond motifs is 3. The van der Waals surface area contributed by atoms with Crippen LogP contribution in [0.25, 0.3) is 21.5 Å². The highest BCUT2D eigenvalue weighted by Gasteiger charge is 2.56. The van der Waals surface area contributed by atoms with Crippen LogP contribution in [0.5, 0.6) is 0 Å². The molecule has 2 aromatic heterocycles. The summed E-state index contributed by atoms with van der Waals surface area (Å²) in [5.74, 6) is 0.532. The van der Waals surface area contributed by atoms with Gasteiger partial charge in [-0.05, 0) is 74.6 Å².